The lowest BCUT2D eigenvalue weighted by Gasteiger charge is -2.34. The molecule has 4 aromatic carbocycles. The van der Waals surface area contributed by atoms with Crippen molar-refractivity contribution < 1.29 is 19.4 Å². The number of benzene rings is 4. The maximum Gasteiger partial charge on any atom is 0.231 e. The SMILES string of the molecule is COc1ccc([C@@H](Cc2ccccc2)C(=O)N(Cc2ccccc2)[C@@H](CO)c2ccccc2)cc1OC. The topological polar surface area (TPSA) is 59.0 Å². The highest BCUT2D eigenvalue weighted by Gasteiger charge is 2.32. The molecule has 0 aliphatic carbocycles. The van der Waals surface area contributed by atoms with E-state index in [4.69, 9.17) is 9.47 Å². The maximum atomic E-state index is 14.5. The van der Waals surface area contributed by atoms with Gasteiger partial charge in [-0.25, -0.2) is 0 Å². The molecule has 0 aliphatic rings. The number of aliphatic hydroxyl groups is 1. The fourth-order valence-corrected chi connectivity index (χ4v) is 4.65. The Morgan fingerprint density at radius 1 is 0.730 bits per heavy atom. The maximum absolute atomic E-state index is 14.5. The van der Waals surface area contributed by atoms with Crippen LogP contribution in [0.15, 0.2) is 109 Å². The number of nitrogens with zero attached hydrogens (tertiary/aromatic N) is 1. The lowest BCUT2D eigenvalue weighted by Crippen LogP contribution is -2.40. The van der Waals surface area contributed by atoms with Crippen molar-refractivity contribution in [2.45, 2.75) is 24.9 Å². The molecule has 190 valence electrons. The molecule has 5 heteroatoms. The van der Waals surface area contributed by atoms with Gasteiger partial charge in [0.1, 0.15) is 0 Å². The summed E-state index contributed by atoms with van der Waals surface area (Å²) < 4.78 is 11.0. The summed E-state index contributed by atoms with van der Waals surface area (Å²) in [5.74, 6) is 0.615. The van der Waals surface area contributed by atoms with E-state index in [1.165, 1.54) is 0 Å². The quantitative estimate of drug-likeness (QED) is 0.286. The number of carbonyl (C=O) groups is 1. The number of hydrogen-bond acceptors (Lipinski definition) is 4. The summed E-state index contributed by atoms with van der Waals surface area (Å²) in [6.45, 7) is 0.185. The van der Waals surface area contributed by atoms with E-state index < -0.39 is 12.0 Å². The van der Waals surface area contributed by atoms with Crippen LogP contribution < -0.4 is 9.47 Å². The smallest absolute Gasteiger partial charge is 0.231 e. The van der Waals surface area contributed by atoms with Crippen LogP contribution in [0, 0.1) is 0 Å². The third-order valence-corrected chi connectivity index (χ3v) is 6.60. The van der Waals surface area contributed by atoms with Crippen LogP contribution in [-0.2, 0) is 17.8 Å². The van der Waals surface area contributed by atoms with Gasteiger partial charge >= 0.3 is 0 Å². The van der Waals surface area contributed by atoms with Crippen molar-refractivity contribution in [3.8, 4) is 11.5 Å². The minimum atomic E-state index is -0.497. The minimum absolute atomic E-state index is 0.0668. The molecule has 0 saturated carbocycles. The lowest BCUT2D eigenvalue weighted by atomic mass is 9.89. The lowest BCUT2D eigenvalue weighted by molar-refractivity contribution is -0.137. The summed E-state index contributed by atoms with van der Waals surface area (Å²) in [6, 6.07) is 34.7. The van der Waals surface area contributed by atoms with Gasteiger partial charge in [-0.1, -0.05) is 97.1 Å². The van der Waals surface area contributed by atoms with Crippen molar-refractivity contribution in [3.05, 3.63) is 131 Å². The van der Waals surface area contributed by atoms with E-state index in [2.05, 4.69) is 0 Å². The standard InChI is InChI=1S/C32H33NO4/c1-36-30-19-18-27(21-31(30)37-2)28(20-24-12-6-3-7-13-24)32(35)33(22-25-14-8-4-9-15-25)29(23-34)26-16-10-5-11-17-26/h3-19,21,28-29,34H,20,22-23H2,1-2H3/t28-,29+/m1/s1. The monoisotopic (exact) mass is 495 g/mol. The molecule has 2 atom stereocenters. The normalized spacial score (nSPS) is 12.4. The van der Waals surface area contributed by atoms with Crippen molar-refractivity contribution in [2.24, 2.45) is 0 Å². The molecule has 0 aliphatic heterocycles. The molecule has 0 spiro atoms. The molecule has 0 bridgehead atoms. The Bertz CT molecular complexity index is 1260. The largest absolute Gasteiger partial charge is 0.493 e. The third-order valence-electron chi connectivity index (χ3n) is 6.60. The van der Waals surface area contributed by atoms with Crippen LogP contribution in [0.4, 0.5) is 0 Å². The second kappa shape index (κ2) is 12.7. The van der Waals surface area contributed by atoms with Gasteiger partial charge in [0, 0.05) is 6.54 Å². The zero-order chi connectivity index (χ0) is 26.0. The second-order valence-corrected chi connectivity index (χ2v) is 8.92. The molecule has 4 rings (SSSR count). The molecule has 1 N–H and O–H groups in total. The first-order chi connectivity index (χ1) is 18.1. The first-order valence-electron chi connectivity index (χ1n) is 12.4. The Kier molecular flexibility index (Phi) is 8.95. The molecule has 0 fully saturated rings. The summed E-state index contributed by atoms with van der Waals surface area (Å²) in [5, 5.41) is 10.5. The minimum Gasteiger partial charge on any atom is -0.493 e. The average molecular weight is 496 g/mol. The van der Waals surface area contributed by atoms with Crippen LogP contribution in [0.5, 0.6) is 11.5 Å². The van der Waals surface area contributed by atoms with E-state index in [1.54, 1.807) is 19.1 Å². The summed E-state index contributed by atoms with van der Waals surface area (Å²) in [5.41, 5.74) is 3.76. The highest BCUT2D eigenvalue weighted by atomic mass is 16.5. The Balaban J connectivity index is 1.79. The molecule has 1 amide bonds. The van der Waals surface area contributed by atoms with Gasteiger partial charge in [0.2, 0.25) is 5.91 Å². The number of hydrogen-bond donors (Lipinski definition) is 1. The first-order valence-corrected chi connectivity index (χ1v) is 12.4. The molecular weight excluding hydrogens is 462 g/mol. The van der Waals surface area contributed by atoms with Crippen molar-refractivity contribution >= 4 is 5.91 Å². The zero-order valence-electron chi connectivity index (χ0n) is 21.3. The number of carbonyl (C=O) groups excluding carboxylic acids is 1. The van der Waals surface area contributed by atoms with E-state index in [0.29, 0.717) is 24.5 Å². The first kappa shape index (κ1) is 26.0. The Hall–Kier alpha value is -4.09. The van der Waals surface area contributed by atoms with Gasteiger partial charge in [0.25, 0.3) is 0 Å². The Morgan fingerprint density at radius 3 is 1.86 bits per heavy atom. The highest BCUT2D eigenvalue weighted by Crippen LogP contribution is 2.35. The van der Waals surface area contributed by atoms with Crippen LogP contribution in [0.1, 0.15) is 34.2 Å². The molecule has 37 heavy (non-hydrogen) atoms. The van der Waals surface area contributed by atoms with Gasteiger partial charge in [-0.3, -0.25) is 4.79 Å². The van der Waals surface area contributed by atoms with Crippen LogP contribution >= 0.6 is 0 Å². The summed E-state index contributed by atoms with van der Waals surface area (Å²) in [4.78, 5) is 16.3. The molecule has 4 aromatic rings. The molecule has 0 aromatic heterocycles. The van der Waals surface area contributed by atoms with Crippen LogP contribution in [0.25, 0.3) is 0 Å². The van der Waals surface area contributed by atoms with Crippen molar-refractivity contribution in [1.82, 2.24) is 4.90 Å². The van der Waals surface area contributed by atoms with Crippen LogP contribution in [-0.4, -0.2) is 36.7 Å². The van der Waals surface area contributed by atoms with Crippen molar-refractivity contribution in [2.75, 3.05) is 20.8 Å². The van der Waals surface area contributed by atoms with Gasteiger partial charge in [0.05, 0.1) is 32.8 Å². The highest BCUT2D eigenvalue weighted by molar-refractivity contribution is 5.85. The third kappa shape index (κ3) is 6.38. The van der Waals surface area contributed by atoms with E-state index in [0.717, 1.165) is 22.3 Å². The van der Waals surface area contributed by atoms with Crippen LogP contribution in [0.3, 0.4) is 0 Å². The summed E-state index contributed by atoms with van der Waals surface area (Å²) in [7, 11) is 3.19. The number of rotatable bonds is 11. The second-order valence-electron chi connectivity index (χ2n) is 8.92. The van der Waals surface area contributed by atoms with Gasteiger partial charge in [-0.2, -0.15) is 0 Å². The molecule has 0 radical (unpaired) electrons. The zero-order valence-corrected chi connectivity index (χ0v) is 21.3. The van der Waals surface area contributed by atoms with Gasteiger partial charge in [-0.15, -0.1) is 0 Å². The van der Waals surface area contributed by atoms with E-state index in [-0.39, 0.29) is 12.5 Å². The fraction of sp³-hybridized carbons (Fsp3) is 0.219. The number of aliphatic hydroxyl groups excluding tert-OH is 1. The molecule has 0 saturated heterocycles. The summed E-state index contributed by atoms with van der Waals surface area (Å²) in [6.07, 6.45) is 0.507. The average Bonchev–Trinajstić information content (AvgIpc) is 2.96. The van der Waals surface area contributed by atoms with E-state index >= 15 is 0 Å². The molecule has 5 nitrogen and oxygen atoms in total. The molecule has 0 heterocycles. The van der Waals surface area contributed by atoms with Gasteiger partial charge in [0.15, 0.2) is 11.5 Å². The van der Waals surface area contributed by atoms with E-state index in [1.807, 2.05) is 109 Å². The van der Waals surface area contributed by atoms with Crippen molar-refractivity contribution in [3.63, 3.8) is 0 Å². The predicted octanol–water partition coefficient (Wildman–Crippen LogP) is 5.79. The van der Waals surface area contributed by atoms with Gasteiger partial charge < -0.3 is 19.5 Å². The molecular formula is C32H33NO4. The number of methoxy groups -OCH3 is 2. The molecule has 0 unspecified atom stereocenters. The number of ether oxygens (including phenoxy) is 2. The predicted molar refractivity (Wildman–Crippen MR) is 146 cm³/mol. The van der Waals surface area contributed by atoms with Crippen LogP contribution in [0.2, 0.25) is 0 Å². The van der Waals surface area contributed by atoms with E-state index in [9.17, 15) is 9.90 Å². The van der Waals surface area contributed by atoms with Gasteiger partial charge in [-0.05, 0) is 40.8 Å². The Labute approximate surface area is 218 Å². The fourth-order valence-electron chi connectivity index (χ4n) is 4.65. The Morgan fingerprint density at radius 2 is 1.30 bits per heavy atom. The number of amides is 1. The summed E-state index contributed by atoms with van der Waals surface area (Å²) >= 11 is 0. The van der Waals surface area contributed by atoms with Crippen molar-refractivity contribution in [1.29, 1.82) is 0 Å².